The summed E-state index contributed by atoms with van der Waals surface area (Å²) in [7, 11) is 0. The molecule has 0 aliphatic rings. The van der Waals surface area contributed by atoms with Crippen molar-refractivity contribution >= 4 is 0 Å². The molecule has 0 radical (unpaired) electrons. The summed E-state index contributed by atoms with van der Waals surface area (Å²) >= 11 is 0. The van der Waals surface area contributed by atoms with Gasteiger partial charge < -0.3 is 9.52 Å². The van der Waals surface area contributed by atoms with E-state index in [0.717, 1.165) is 0 Å². The molecule has 0 fully saturated rings. The summed E-state index contributed by atoms with van der Waals surface area (Å²) in [5, 5.41) is 8.82. The standard InChI is InChI=1S/C6H8O2/c1-5(7)6-3-2-4-8-6/h2-5,7H,1H3/t5-/m0/s1. The van der Waals surface area contributed by atoms with E-state index in [2.05, 4.69) is 0 Å². The molecule has 1 aromatic rings. The summed E-state index contributed by atoms with van der Waals surface area (Å²) in [4.78, 5) is 0. The third-order valence-corrected chi connectivity index (χ3v) is 0.955. The Morgan fingerprint density at radius 2 is 2.50 bits per heavy atom. The fraction of sp³-hybridized carbons (Fsp3) is 0.333. The van der Waals surface area contributed by atoms with Crippen LogP contribution in [0.25, 0.3) is 0 Å². The van der Waals surface area contributed by atoms with E-state index in [1.165, 1.54) is 0 Å². The van der Waals surface area contributed by atoms with Gasteiger partial charge in [0.15, 0.2) is 0 Å². The third kappa shape index (κ3) is 0.898. The van der Waals surface area contributed by atoms with Crippen molar-refractivity contribution in [3.05, 3.63) is 24.2 Å². The molecule has 1 N–H and O–H groups in total. The van der Waals surface area contributed by atoms with Crippen LogP contribution in [0.3, 0.4) is 0 Å². The molecule has 1 rings (SSSR count). The summed E-state index contributed by atoms with van der Waals surface area (Å²) in [5.74, 6) is 0.616. The van der Waals surface area contributed by atoms with Crippen molar-refractivity contribution in [2.45, 2.75) is 13.0 Å². The maximum absolute atomic E-state index is 8.82. The highest BCUT2D eigenvalue weighted by molar-refractivity contribution is 4.99. The Labute approximate surface area is 47.7 Å². The average Bonchev–Trinajstić information content (AvgIpc) is 2.12. The van der Waals surface area contributed by atoms with Gasteiger partial charge in [0, 0.05) is 0 Å². The highest BCUT2D eigenvalue weighted by Gasteiger charge is 1.99. The minimum Gasteiger partial charge on any atom is -0.467 e. The number of aliphatic hydroxyl groups excluding tert-OH is 1. The summed E-state index contributed by atoms with van der Waals surface area (Å²) in [6, 6.07) is 3.49. The van der Waals surface area contributed by atoms with E-state index < -0.39 is 6.10 Å². The predicted octanol–water partition coefficient (Wildman–Crippen LogP) is 1.33. The van der Waals surface area contributed by atoms with Crippen LogP contribution in [0.15, 0.2) is 22.8 Å². The molecule has 1 atom stereocenters. The van der Waals surface area contributed by atoms with Gasteiger partial charge in [-0.1, -0.05) is 0 Å². The Hall–Kier alpha value is -0.760. The molecule has 0 amide bonds. The van der Waals surface area contributed by atoms with Crippen LogP contribution in [-0.2, 0) is 0 Å². The minimum absolute atomic E-state index is 0.481. The first-order valence-corrected chi connectivity index (χ1v) is 2.52. The van der Waals surface area contributed by atoms with Gasteiger partial charge in [-0.2, -0.15) is 0 Å². The van der Waals surface area contributed by atoms with E-state index in [-0.39, 0.29) is 0 Å². The van der Waals surface area contributed by atoms with Crippen molar-refractivity contribution in [3.8, 4) is 0 Å². The normalized spacial score (nSPS) is 13.8. The van der Waals surface area contributed by atoms with Gasteiger partial charge in [-0.3, -0.25) is 0 Å². The van der Waals surface area contributed by atoms with E-state index in [1.54, 1.807) is 25.3 Å². The molecule has 0 spiro atoms. The molecule has 44 valence electrons. The average molecular weight is 112 g/mol. The number of hydrogen-bond donors (Lipinski definition) is 1. The summed E-state index contributed by atoms with van der Waals surface area (Å²) < 4.78 is 4.84. The molecule has 0 saturated heterocycles. The van der Waals surface area contributed by atoms with Crippen molar-refractivity contribution < 1.29 is 9.52 Å². The highest BCUT2D eigenvalue weighted by atomic mass is 16.4. The molecule has 0 unspecified atom stereocenters. The molecule has 2 nitrogen and oxygen atoms in total. The quantitative estimate of drug-likeness (QED) is 0.594. The first kappa shape index (κ1) is 5.38. The van der Waals surface area contributed by atoms with Gasteiger partial charge in [0.1, 0.15) is 11.9 Å². The fourth-order valence-corrected chi connectivity index (χ4v) is 0.529. The van der Waals surface area contributed by atoms with Crippen LogP contribution in [-0.4, -0.2) is 5.11 Å². The molecule has 8 heavy (non-hydrogen) atoms. The Balaban J connectivity index is 2.77. The highest BCUT2D eigenvalue weighted by Crippen LogP contribution is 2.10. The SMILES string of the molecule is C[C@H](O)c1ccco1. The summed E-state index contributed by atoms with van der Waals surface area (Å²) in [6.07, 6.45) is 1.06. The summed E-state index contributed by atoms with van der Waals surface area (Å²) in [5.41, 5.74) is 0. The second-order valence-electron chi connectivity index (χ2n) is 1.69. The van der Waals surface area contributed by atoms with E-state index in [1.807, 2.05) is 0 Å². The van der Waals surface area contributed by atoms with Gasteiger partial charge in [-0.15, -0.1) is 0 Å². The van der Waals surface area contributed by atoms with Crippen molar-refractivity contribution in [1.29, 1.82) is 0 Å². The Morgan fingerprint density at radius 3 is 2.75 bits per heavy atom. The Kier molecular flexibility index (Phi) is 1.35. The molecule has 1 heterocycles. The van der Waals surface area contributed by atoms with E-state index >= 15 is 0 Å². The van der Waals surface area contributed by atoms with Crippen molar-refractivity contribution in [2.24, 2.45) is 0 Å². The molecule has 1 aromatic heterocycles. The number of aliphatic hydroxyl groups is 1. The van der Waals surface area contributed by atoms with Gasteiger partial charge in [-0.25, -0.2) is 0 Å². The third-order valence-electron chi connectivity index (χ3n) is 0.955. The maximum Gasteiger partial charge on any atom is 0.131 e. The number of hydrogen-bond acceptors (Lipinski definition) is 2. The zero-order chi connectivity index (χ0) is 5.98. The predicted molar refractivity (Wildman–Crippen MR) is 29.3 cm³/mol. The van der Waals surface area contributed by atoms with Gasteiger partial charge in [0.25, 0.3) is 0 Å². The molecular weight excluding hydrogens is 104 g/mol. The largest absolute Gasteiger partial charge is 0.467 e. The molecule has 2 heteroatoms. The van der Waals surface area contributed by atoms with E-state index in [9.17, 15) is 0 Å². The lowest BCUT2D eigenvalue weighted by Crippen LogP contribution is -1.84. The number of furan rings is 1. The van der Waals surface area contributed by atoms with Crippen LogP contribution < -0.4 is 0 Å². The smallest absolute Gasteiger partial charge is 0.131 e. The first-order valence-electron chi connectivity index (χ1n) is 2.52. The van der Waals surface area contributed by atoms with Crippen LogP contribution in [0.1, 0.15) is 18.8 Å². The number of rotatable bonds is 1. The summed E-state index contributed by atoms with van der Waals surface area (Å²) in [6.45, 7) is 1.67. The van der Waals surface area contributed by atoms with E-state index in [4.69, 9.17) is 9.52 Å². The molecule has 0 aliphatic carbocycles. The van der Waals surface area contributed by atoms with Gasteiger partial charge in [0.05, 0.1) is 6.26 Å². The van der Waals surface area contributed by atoms with Crippen LogP contribution in [0.4, 0.5) is 0 Å². The van der Waals surface area contributed by atoms with E-state index in [0.29, 0.717) is 5.76 Å². The van der Waals surface area contributed by atoms with Crippen molar-refractivity contribution in [3.63, 3.8) is 0 Å². The van der Waals surface area contributed by atoms with Gasteiger partial charge in [-0.05, 0) is 19.1 Å². The lowest BCUT2D eigenvalue weighted by Gasteiger charge is -1.94. The van der Waals surface area contributed by atoms with Crippen molar-refractivity contribution in [2.75, 3.05) is 0 Å². The van der Waals surface area contributed by atoms with Crippen LogP contribution in [0.2, 0.25) is 0 Å². The zero-order valence-electron chi connectivity index (χ0n) is 4.66. The molecular formula is C6H8O2. The lowest BCUT2D eigenvalue weighted by molar-refractivity contribution is 0.169. The maximum atomic E-state index is 8.82. The molecule has 0 aromatic carbocycles. The second-order valence-corrected chi connectivity index (χ2v) is 1.69. The van der Waals surface area contributed by atoms with Crippen molar-refractivity contribution in [1.82, 2.24) is 0 Å². The topological polar surface area (TPSA) is 33.4 Å². The zero-order valence-corrected chi connectivity index (χ0v) is 4.66. The monoisotopic (exact) mass is 112 g/mol. The lowest BCUT2D eigenvalue weighted by atomic mass is 10.3. The first-order chi connectivity index (χ1) is 3.80. The second kappa shape index (κ2) is 2.01. The Morgan fingerprint density at radius 1 is 1.75 bits per heavy atom. The minimum atomic E-state index is -0.481. The molecule has 0 bridgehead atoms. The molecule has 0 saturated carbocycles. The fourth-order valence-electron chi connectivity index (χ4n) is 0.529. The van der Waals surface area contributed by atoms with Crippen LogP contribution >= 0.6 is 0 Å². The Bertz CT molecular complexity index is 142. The van der Waals surface area contributed by atoms with Gasteiger partial charge in [0.2, 0.25) is 0 Å². The van der Waals surface area contributed by atoms with Gasteiger partial charge >= 0.3 is 0 Å². The van der Waals surface area contributed by atoms with Crippen LogP contribution in [0.5, 0.6) is 0 Å². The van der Waals surface area contributed by atoms with Crippen LogP contribution in [0, 0.1) is 0 Å². The molecule has 0 aliphatic heterocycles.